The van der Waals surface area contributed by atoms with Crippen molar-refractivity contribution in [2.24, 2.45) is 0 Å². The van der Waals surface area contributed by atoms with Gasteiger partial charge in [-0.05, 0) is 44.3 Å². The van der Waals surface area contributed by atoms with Crippen LogP contribution in [0.2, 0.25) is 0 Å². The van der Waals surface area contributed by atoms with Gasteiger partial charge in [-0.1, -0.05) is 31.2 Å². The Balaban J connectivity index is 1.89. The summed E-state index contributed by atoms with van der Waals surface area (Å²) < 4.78 is 1.64. The van der Waals surface area contributed by atoms with E-state index in [4.69, 9.17) is 0 Å². The lowest BCUT2D eigenvalue weighted by Crippen LogP contribution is -2.32. The first-order valence-corrected chi connectivity index (χ1v) is 9.30. The van der Waals surface area contributed by atoms with Gasteiger partial charge in [0.05, 0.1) is 5.52 Å². The maximum Gasteiger partial charge on any atom is 0.287 e. The Morgan fingerprint density at radius 3 is 2.57 bits per heavy atom. The molecule has 0 saturated heterocycles. The summed E-state index contributed by atoms with van der Waals surface area (Å²) in [6.45, 7) is 3.25. The van der Waals surface area contributed by atoms with Crippen LogP contribution in [0.25, 0.3) is 5.52 Å². The van der Waals surface area contributed by atoms with E-state index in [2.05, 4.69) is 15.6 Å². The molecule has 2 N–H and O–H groups in total. The lowest BCUT2D eigenvalue weighted by Gasteiger charge is -2.09. The summed E-state index contributed by atoms with van der Waals surface area (Å²) in [6.07, 6.45) is 2.54. The maximum atomic E-state index is 12.9. The molecule has 2 amide bonds. The maximum absolute atomic E-state index is 12.9. The summed E-state index contributed by atoms with van der Waals surface area (Å²) in [4.78, 5) is 31.8. The minimum absolute atomic E-state index is 0.197. The summed E-state index contributed by atoms with van der Waals surface area (Å²) in [6, 6.07) is 13.1. The molecule has 2 heterocycles. The van der Waals surface area contributed by atoms with Crippen LogP contribution in [0.5, 0.6) is 0 Å². The Bertz CT molecular complexity index is 993. The predicted molar refractivity (Wildman–Crippen MR) is 110 cm³/mol. The monoisotopic (exact) mass is 379 g/mol. The number of nitrogens with one attached hydrogen (secondary N) is 2. The number of carbonyl (C=O) groups excluding carboxylic acids is 2. The lowest BCUT2D eigenvalue weighted by atomic mass is 10.1. The molecule has 146 valence electrons. The van der Waals surface area contributed by atoms with Crippen LogP contribution in [0.4, 0.5) is 5.69 Å². The highest BCUT2D eigenvalue weighted by molar-refractivity contribution is 6.09. The SMILES string of the molecule is CCc1ccccc1NC(=O)c1nc(C(=O)NCCN(C)C)n2ccccc12. The highest BCUT2D eigenvalue weighted by Gasteiger charge is 2.21. The van der Waals surface area contributed by atoms with E-state index >= 15 is 0 Å². The van der Waals surface area contributed by atoms with E-state index in [1.54, 1.807) is 22.7 Å². The third kappa shape index (κ3) is 4.20. The van der Waals surface area contributed by atoms with Crippen LogP contribution in [-0.4, -0.2) is 53.3 Å². The van der Waals surface area contributed by atoms with Gasteiger partial charge in [0.1, 0.15) is 0 Å². The molecule has 3 rings (SSSR count). The van der Waals surface area contributed by atoms with E-state index in [0.29, 0.717) is 12.1 Å². The molecule has 0 aliphatic heterocycles. The minimum atomic E-state index is -0.336. The number of hydrogen-bond acceptors (Lipinski definition) is 4. The van der Waals surface area contributed by atoms with Crippen molar-refractivity contribution in [3.63, 3.8) is 0 Å². The van der Waals surface area contributed by atoms with Gasteiger partial charge in [0.25, 0.3) is 11.8 Å². The third-order valence-electron chi connectivity index (χ3n) is 4.46. The number of amides is 2. The number of nitrogens with zero attached hydrogens (tertiary/aromatic N) is 3. The molecular formula is C21H25N5O2. The molecule has 3 aromatic rings. The molecule has 0 aliphatic carbocycles. The lowest BCUT2D eigenvalue weighted by molar-refractivity contribution is 0.0940. The van der Waals surface area contributed by atoms with Crippen molar-refractivity contribution in [1.29, 1.82) is 0 Å². The fourth-order valence-electron chi connectivity index (χ4n) is 2.97. The standard InChI is InChI=1S/C21H25N5O2/c1-4-15-9-5-6-10-16(15)23-20(27)18-17-11-7-8-13-26(17)19(24-18)21(28)22-12-14-25(2)3/h5-11,13H,4,12,14H2,1-3H3,(H,22,28)(H,23,27). The molecule has 2 aromatic heterocycles. The van der Waals surface area contributed by atoms with E-state index in [1.807, 2.05) is 56.3 Å². The summed E-state index contributed by atoms with van der Waals surface area (Å²) in [5.41, 5.74) is 2.61. The number of carbonyl (C=O) groups is 2. The second-order valence-corrected chi connectivity index (χ2v) is 6.76. The number of pyridine rings is 1. The molecule has 0 atom stereocenters. The molecule has 0 saturated carbocycles. The van der Waals surface area contributed by atoms with Crippen molar-refractivity contribution < 1.29 is 9.59 Å². The van der Waals surface area contributed by atoms with Crippen LogP contribution < -0.4 is 10.6 Å². The van der Waals surface area contributed by atoms with Crippen molar-refractivity contribution in [3.8, 4) is 0 Å². The molecule has 0 radical (unpaired) electrons. The molecule has 0 unspecified atom stereocenters. The van der Waals surface area contributed by atoms with Crippen LogP contribution in [-0.2, 0) is 6.42 Å². The summed E-state index contributed by atoms with van der Waals surface area (Å²) in [5, 5.41) is 5.77. The number of rotatable bonds is 7. The zero-order valence-corrected chi connectivity index (χ0v) is 16.4. The predicted octanol–water partition coefficient (Wildman–Crippen LogP) is 2.44. The number of benzene rings is 1. The van der Waals surface area contributed by atoms with Gasteiger partial charge in [-0.2, -0.15) is 0 Å². The number of imidazole rings is 1. The van der Waals surface area contributed by atoms with E-state index in [0.717, 1.165) is 24.2 Å². The molecule has 0 aliphatic rings. The number of likely N-dealkylation sites (N-methyl/N-ethyl adjacent to an activating group) is 1. The van der Waals surface area contributed by atoms with Crippen molar-refractivity contribution in [3.05, 3.63) is 65.7 Å². The van der Waals surface area contributed by atoms with Crippen molar-refractivity contribution in [1.82, 2.24) is 19.6 Å². The van der Waals surface area contributed by atoms with E-state index < -0.39 is 0 Å². The van der Waals surface area contributed by atoms with Crippen LogP contribution in [0.3, 0.4) is 0 Å². The number of fused-ring (bicyclic) bond motifs is 1. The van der Waals surface area contributed by atoms with Crippen LogP contribution in [0.1, 0.15) is 33.6 Å². The highest BCUT2D eigenvalue weighted by Crippen LogP contribution is 2.19. The molecule has 0 bridgehead atoms. The fourth-order valence-corrected chi connectivity index (χ4v) is 2.97. The first kappa shape index (κ1) is 19.6. The van der Waals surface area contributed by atoms with Gasteiger partial charge in [-0.15, -0.1) is 0 Å². The Morgan fingerprint density at radius 2 is 1.82 bits per heavy atom. The molecular weight excluding hydrogens is 354 g/mol. The number of hydrogen-bond donors (Lipinski definition) is 2. The normalized spacial score (nSPS) is 11.0. The van der Waals surface area contributed by atoms with Gasteiger partial charge in [0, 0.05) is 25.0 Å². The zero-order chi connectivity index (χ0) is 20.1. The smallest absolute Gasteiger partial charge is 0.287 e. The topological polar surface area (TPSA) is 78.7 Å². The Morgan fingerprint density at radius 1 is 1.07 bits per heavy atom. The number of aromatic nitrogens is 2. The molecule has 1 aromatic carbocycles. The summed E-state index contributed by atoms with van der Waals surface area (Å²) in [7, 11) is 3.88. The van der Waals surface area contributed by atoms with E-state index in [-0.39, 0.29) is 23.3 Å². The van der Waals surface area contributed by atoms with Gasteiger partial charge in [0.2, 0.25) is 5.82 Å². The molecule has 0 spiro atoms. The average molecular weight is 379 g/mol. The van der Waals surface area contributed by atoms with Gasteiger partial charge < -0.3 is 15.5 Å². The minimum Gasteiger partial charge on any atom is -0.348 e. The van der Waals surface area contributed by atoms with E-state index in [1.165, 1.54) is 0 Å². The molecule has 7 nitrogen and oxygen atoms in total. The van der Waals surface area contributed by atoms with Gasteiger partial charge in [-0.25, -0.2) is 4.98 Å². The zero-order valence-electron chi connectivity index (χ0n) is 16.4. The van der Waals surface area contributed by atoms with Gasteiger partial charge in [0.15, 0.2) is 5.69 Å². The van der Waals surface area contributed by atoms with Crippen LogP contribution in [0, 0.1) is 0 Å². The Labute approximate surface area is 164 Å². The molecule has 28 heavy (non-hydrogen) atoms. The first-order chi connectivity index (χ1) is 13.5. The highest BCUT2D eigenvalue weighted by atomic mass is 16.2. The number of anilines is 1. The average Bonchev–Trinajstić information content (AvgIpc) is 3.08. The largest absolute Gasteiger partial charge is 0.348 e. The third-order valence-corrected chi connectivity index (χ3v) is 4.46. The Kier molecular flexibility index (Phi) is 6.06. The van der Waals surface area contributed by atoms with Gasteiger partial charge >= 0.3 is 0 Å². The summed E-state index contributed by atoms with van der Waals surface area (Å²) in [5.74, 6) is -0.448. The van der Waals surface area contributed by atoms with Crippen molar-refractivity contribution in [2.75, 3.05) is 32.5 Å². The van der Waals surface area contributed by atoms with E-state index in [9.17, 15) is 9.59 Å². The van der Waals surface area contributed by atoms with Crippen LogP contribution in [0.15, 0.2) is 48.7 Å². The first-order valence-electron chi connectivity index (χ1n) is 9.30. The fraction of sp³-hybridized carbons (Fsp3) is 0.286. The van der Waals surface area contributed by atoms with Crippen LogP contribution >= 0.6 is 0 Å². The number of aryl methyl sites for hydroxylation is 1. The van der Waals surface area contributed by atoms with Gasteiger partial charge in [-0.3, -0.25) is 14.0 Å². The number of para-hydroxylation sites is 1. The second kappa shape index (κ2) is 8.67. The molecule has 7 heteroatoms. The second-order valence-electron chi connectivity index (χ2n) is 6.76. The Hall–Kier alpha value is -3.19. The van der Waals surface area contributed by atoms with Crippen molar-refractivity contribution in [2.45, 2.75) is 13.3 Å². The summed E-state index contributed by atoms with van der Waals surface area (Å²) >= 11 is 0. The quantitative estimate of drug-likeness (QED) is 0.661. The van der Waals surface area contributed by atoms with Crippen molar-refractivity contribution >= 4 is 23.0 Å². The molecule has 0 fully saturated rings.